The van der Waals surface area contributed by atoms with Gasteiger partial charge in [-0.15, -0.1) is 11.3 Å². The number of carbonyl (C=O) groups excluding carboxylic acids is 1. The largest absolute Gasteiger partial charge is 0.290 e. The number of fused-ring (bicyclic) bond motifs is 1. The van der Waals surface area contributed by atoms with Gasteiger partial charge in [0.15, 0.2) is 5.82 Å². The van der Waals surface area contributed by atoms with Gasteiger partial charge >= 0.3 is 0 Å². The Morgan fingerprint density at radius 1 is 1.21 bits per heavy atom. The van der Waals surface area contributed by atoms with Crippen LogP contribution in [-0.4, -0.2) is 20.7 Å². The second-order valence-electron chi connectivity index (χ2n) is 4.26. The minimum absolute atomic E-state index is 0.0981. The Hall–Kier alpha value is -2.14. The molecule has 0 atom stereocenters. The third-order valence-corrected chi connectivity index (χ3v) is 3.72. The van der Waals surface area contributed by atoms with Gasteiger partial charge in [0.1, 0.15) is 5.01 Å². The molecule has 94 valence electrons. The van der Waals surface area contributed by atoms with E-state index in [9.17, 15) is 4.79 Å². The number of rotatable bonds is 3. The molecule has 0 amide bonds. The van der Waals surface area contributed by atoms with Crippen LogP contribution in [0.5, 0.6) is 0 Å². The molecule has 19 heavy (non-hydrogen) atoms. The molecule has 0 aliphatic carbocycles. The average molecular weight is 269 g/mol. The quantitative estimate of drug-likeness (QED) is 0.686. The maximum Gasteiger partial charge on any atom is 0.206 e. The van der Waals surface area contributed by atoms with Crippen LogP contribution in [0, 0.1) is 6.92 Å². The summed E-state index contributed by atoms with van der Waals surface area (Å²) in [5.74, 6) is 0.156. The van der Waals surface area contributed by atoms with Crippen molar-refractivity contribution in [2.75, 3.05) is 0 Å². The minimum Gasteiger partial charge on any atom is -0.290 e. The topological polar surface area (TPSA) is 55.7 Å². The lowest BCUT2D eigenvalue weighted by atomic mass is 10.2. The van der Waals surface area contributed by atoms with Crippen molar-refractivity contribution in [3.63, 3.8) is 0 Å². The number of Topliss-reactive ketones (excluding diaryl/α,β-unsaturated/α-hetero) is 1. The summed E-state index contributed by atoms with van der Waals surface area (Å²) in [4.78, 5) is 24.6. The van der Waals surface area contributed by atoms with Crippen molar-refractivity contribution in [3.05, 3.63) is 53.1 Å². The molecule has 3 aromatic rings. The molecule has 0 unspecified atom stereocenters. The van der Waals surface area contributed by atoms with Gasteiger partial charge in [0.05, 0.1) is 16.6 Å². The van der Waals surface area contributed by atoms with E-state index in [1.807, 2.05) is 31.2 Å². The number of carbonyl (C=O) groups is 1. The van der Waals surface area contributed by atoms with Gasteiger partial charge in [0, 0.05) is 12.4 Å². The molecule has 0 fully saturated rings. The van der Waals surface area contributed by atoms with Gasteiger partial charge in [-0.1, -0.05) is 12.1 Å². The number of para-hydroxylation sites is 1. The number of nitrogens with zero attached hydrogens (tertiary/aromatic N) is 3. The minimum atomic E-state index is -0.0981. The van der Waals surface area contributed by atoms with Crippen molar-refractivity contribution in [3.8, 4) is 0 Å². The fourth-order valence-corrected chi connectivity index (χ4v) is 2.71. The molecule has 2 aromatic heterocycles. The molecule has 0 aliphatic heterocycles. The molecule has 0 N–H and O–H groups in total. The highest BCUT2D eigenvalue weighted by atomic mass is 32.1. The normalized spacial score (nSPS) is 10.8. The summed E-state index contributed by atoms with van der Waals surface area (Å²) in [5, 5.41) is 0.801. The summed E-state index contributed by atoms with van der Waals surface area (Å²) in [6, 6.07) is 7.86. The number of hydrogen-bond acceptors (Lipinski definition) is 5. The Morgan fingerprint density at radius 3 is 2.68 bits per heavy atom. The van der Waals surface area contributed by atoms with Crippen LogP contribution in [0.15, 0.2) is 36.7 Å². The predicted octanol–water partition coefficient (Wildman–Crippen LogP) is 2.82. The second kappa shape index (κ2) is 4.85. The summed E-state index contributed by atoms with van der Waals surface area (Å²) in [5.41, 5.74) is 1.87. The molecule has 0 bridgehead atoms. The van der Waals surface area contributed by atoms with E-state index in [1.165, 1.54) is 11.3 Å². The lowest BCUT2D eigenvalue weighted by Gasteiger charge is -1.97. The van der Waals surface area contributed by atoms with E-state index < -0.39 is 0 Å². The first-order chi connectivity index (χ1) is 9.22. The Morgan fingerprint density at radius 2 is 1.95 bits per heavy atom. The van der Waals surface area contributed by atoms with Crippen molar-refractivity contribution >= 4 is 27.3 Å². The summed E-state index contributed by atoms with van der Waals surface area (Å²) in [6.45, 7) is 1.89. The van der Waals surface area contributed by atoms with E-state index >= 15 is 0 Å². The van der Waals surface area contributed by atoms with E-state index in [4.69, 9.17) is 0 Å². The van der Waals surface area contributed by atoms with Gasteiger partial charge in [0.25, 0.3) is 0 Å². The first kappa shape index (κ1) is 11.9. The molecule has 0 saturated heterocycles. The molecule has 3 rings (SSSR count). The Balaban J connectivity index is 1.84. The Kier molecular flexibility index (Phi) is 3.05. The zero-order chi connectivity index (χ0) is 13.2. The molecule has 0 aliphatic rings. The number of hydrogen-bond donors (Lipinski definition) is 0. The Labute approximate surface area is 114 Å². The van der Waals surface area contributed by atoms with Crippen molar-refractivity contribution < 1.29 is 4.79 Å². The first-order valence-corrected chi connectivity index (χ1v) is 6.70. The maximum atomic E-state index is 12.0. The highest BCUT2D eigenvalue weighted by Crippen LogP contribution is 2.22. The third kappa shape index (κ3) is 2.51. The first-order valence-electron chi connectivity index (χ1n) is 5.89. The van der Waals surface area contributed by atoms with Gasteiger partial charge in [-0.05, 0) is 24.6 Å². The van der Waals surface area contributed by atoms with E-state index in [-0.39, 0.29) is 18.0 Å². The fraction of sp³-hybridized carbons (Fsp3) is 0.143. The average Bonchev–Trinajstić information content (AvgIpc) is 2.81. The molecule has 0 saturated carbocycles. The van der Waals surface area contributed by atoms with Crippen LogP contribution in [-0.2, 0) is 6.42 Å². The summed E-state index contributed by atoms with van der Waals surface area (Å²) >= 11 is 1.54. The van der Waals surface area contributed by atoms with Crippen LogP contribution in [0.3, 0.4) is 0 Å². The molecule has 1 aromatic carbocycles. The van der Waals surface area contributed by atoms with Gasteiger partial charge in [-0.3, -0.25) is 4.79 Å². The molecular formula is C14H11N3OS. The van der Waals surface area contributed by atoms with Gasteiger partial charge in [-0.25, -0.2) is 15.0 Å². The highest BCUT2D eigenvalue weighted by Gasteiger charge is 2.13. The number of ketones is 1. The molecular weight excluding hydrogens is 258 g/mol. The van der Waals surface area contributed by atoms with Crippen LogP contribution in [0.25, 0.3) is 10.2 Å². The molecule has 0 spiro atoms. The SMILES string of the molecule is Cc1cnc(C(=O)Cc2nc3ccccc3s2)nc1. The fourth-order valence-electron chi connectivity index (χ4n) is 1.75. The Bertz CT molecular complexity index is 701. The standard InChI is InChI=1S/C14H11N3OS/c1-9-7-15-14(16-8-9)11(18)6-13-17-10-4-2-3-5-12(10)19-13/h2-5,7-8H,6H2,1H3. The summed E-state index contributed by atoms with van der Waals surface area (Å²) < 4.78 is 1.09. The van der Waals surface area contributed by atoms with Crippen LogP contribution in [0.2, 0.25) is 0 Å². The van der Waals surface area contributed by atoms with Crippen LogP contribution >= 0.6 is 11.3 Å². The van der Waals surface area contributed by atoms with Crippen LogP contribution in [0.4, 0.5) is 0 Å². The van der Waals surface area contributed by atoms with Crippen LogP contribution < -0.4 is 0 Å². The number of aryl methyl sites for hydroxylation is 1. The van der Waals surface area contributed by atoms with Crippen molar-refractivity contribution in [2.24, 2.45) is 0 Å². The van der Waals surface area contributed by atoms with Crippen molar-refractivity contribution in [1.29, 1.82) is 0 Å². The molecule has 5 heteroatoms. The summed E-state index contributed by atoms with van der Waals surface area (Å²) in [7, 11) is 0. The number of aromatic nitrogens is 3. The number of benzene rings is 1. The van der Waals surface area contributed by atoms with Crippen molar-refractivity contribution in [2.45, 2.75) is 13.3 Å². The van der Waals surface area contributed by atoms with Gasteiger partial charge in [0.2, 0.25) is 5.78 Å². The van der Waals surface area contributed by atoms with Crippen LogP contribution in [0.1, 0.15) is 21.2 Å². The van der Waals surface area contributed by atoms with Crippen molar-refractivity contribution in [1.82, 2.24) is 15.0 Å². The highest BCUT2D eigenvalue weighted by molar-refractivity contribution is 7.18. The zero-order valence-corrected chi connectivity index (χ0v) is 11.1. The van der Waals surface area contributed by atoms with Gasteiger partial charge < -0.3 is 0 Å². The van der Waals surface area contributed by atoms with Gasteiger partial charge in [-0.2, -0.15) is 0 Å². The van der Waals surface area contributed by atoms with E-state index in [1.54, 1.807) is 12.4 Å². The summed E-state index contributed by atoms with van der Waals surface area (Å²) in [6.07, 6.45) is 3.56. The number of thiazole rings is 1. The second-order valence-corrected chi connectivity index (χ2v) is 5.37. The van der Waals surface area contributed by atoms with E-state index in [0.717, 1.165) is 20.8 Å². The molecule has 4 nitrogen and oxygen atoms in total. The maximum absolute atomic E-state index is 12.0. The predicted molar refractivity (Wildman–Crippen MR) is 74.4 cm³/mol. The van der Waals surface area contributed by atoms with E-state index in [0.29, 0.717) is 0 Å². The molecule has 2 heterocycles. The third-order valence-electron chi connectivity index (χ3n) is 2.68. The lowest BCUT2D eigenvalue weighted by molar-refractivity contribution is 0.0983. The van der Waals surface area contributed by atoms with E-state index in [2.05, 4.69) is 15.0 Å². The molecule has 0 radical (unpaired) electrons. The monoisotopic (exact) mass is 269 g/mol. The lowest BCUT2D eigenvalue weighted by Crippen LogP contribution is -2.08. The smallest absolute Gasteiger partial charge is 0.206 e. The zero-order valence-electron chi connectivity index (χ0n) is 10.3.